The highest BCUT2D eigenvalue weighted by Crippen LogP contribution is 2.22. The number of amides is 1. The number of nitrogens with one attached hydrogen (secondary N) is 1. The first-order chi connectivity index (χ1) is 7.91. The van der Waals surface area contributed by atoms with Crippen LogP contribution >= 0.6 is 0 Å². The molecule has 0 aliphatic heterocycles. The topological polar surface area (TPSA) is 136 Å². The fraction of sp³-hybridized carbons (Fsp3) is 0.111. The second-order valence-corrected chi connectivity index (χ2v) is 3.10. The van der Waals surface area contributed by atoms with E-state index in [9.17, 15) is 19.7 Å². The van der Waals surface area contributed by atoms with Crippen LogP contribution < -0.4 is 11.1 Å². The number of rotatable bonds is 5. The Labute approximate surface area is 95.2 Å². The van der Waals surface area contributed by atoms with Crippen LogP contribution in [0, 0.1) is 10.1 Å². The van der Waals surface area contributed by atoms with Crippen LogP contribution in [-0.4, -0.2) is 28.5 Å². The summed E-state index contributed by atoms with van der Waals surface area (Å²) in [7, 11) is 0. The Balaban J connectivity index is 3.11. The second kappa shape index (κ2) is 4.92. The summed E-state index contributed by atoms with van der Waals surface area (Å²) >= 11 is 0. The molecule has 0 bridgehead atoms. The van der Waals surface area contributed by atoms with Crippen molar-refractivity contribution in [1.82, 2.24) is 0 Å². The molecule has 1 rings (SSSR count). The largest absolute Gasteiger partial charge is 0.480 e. The molecule has 8 nitrogen and oxygen atoms in total. The number of primary amides is 1. The Morgan fingerprint density at radius 3 is 2.59 bits per heavy atom. The van der Waals surface area contributed by atoms with E-state index >= 15 is 0 Å². The average Bonchev–Trinajstić information content (AvgIpc) is 2.25. The van der Waals surface area contributed by atoms with E-state index in [2.05, 4.69) is 5.32 Å². The lowest BCUT2D eigenvalue weighted by atomic mass is 10.1. The SMILES string of the molecule is NC(=O)c1ccc([N+](=O)[O-])cc1NCC(=O)O. The fourth-order valence-corrected chi connectivity index (χ4v) is 1.18. The van der Waals surface area contributed by atoms with E-state index < -0.39 is 23.3 Å². The van der Waals surface area contributed by atoms with Gasteiger partial charge in [0.1, 0.15) is 6.54 Å². The van der Waals surface area contributed by atoms with Crippen molar-refractivity contribution in [3.8, 4) is 0 Å². The molecule has 0 atom stereocenters. The Bertz CT molecular complexity index is 486. The molecule has 90 valence electrons. The Morgan fingerprint density at radius 2 is 2.12 bits per heavy atom. The molecule has 0 unspecified atom stereocenters. The van der Waals surface area contributed by atoms with Gasteiger partial charge in [-0.3, -0.25) is 19.7 Å². The number of carbonyl (C=O) groups excluding carboxylic acids is 1. The summed E-state index contributed by atoms with van der Waals surface area (Å²) in [4.78, 5) is 31.2. The van der Waals surface area contributed by atoms with Crippen molar-refractivity contribution in [3.63, 3.8) is 0 Å². The van der Waals surface area contributed by atoms with Gasteiger partial charge in [0.25, 0.3) is 11.6 Å². The summed E-state index contributed by atoms with van der Waals surface area (Å²) in [5.74, 6) is -1.96. The zero-order chi connectivity index (χ0) is 13.0. The number of aliphatic carboxylic acids is 1. The van der Waals surface area contributed by atoms with Gasteiger partial charge in [0.15, 0.2) is 0 Å². The quantitative estimate of drug-likeness (QED) is 0.495. The average molecular weight is 239 g/mol. The van der Waals surface area contributed by atoms with Gasteiger partial charge >= 0.3 is 5.97 Å². The minimum atomic E-state index is -1.16. The van der Waals surface area contributed by atoms with Crippen LogP contribution in [-0.2, 0) is 4.79 Å². The van der Waals surface area contributed by atoms with Gasteiger partial charge in [0, 0.05) is 12.1 Å². The number of hydrogen-bond acceptors (Lipinski definition) is 5. The Kier molecular flexibility index (Phi) is 3.60. The first kappa shape index (κ1) is 12.4. The predicted molar refractivity (Wildman–Crippen MR) is 57.7 cm³/mol. The van der Waals surface area contributed by atoms with E-state index in [4.69, 9.17) is 10.8 Å². The lowest BCUT2D eigenvalue weighted by Gasteiger charge is -2.07. The minimum absolute atomic E-state index is 0.00292. The van der Waals surface area contributed by atoms with Crippen molar-refractivity contribution < 1.29 is 19.6 Å². The molecule has 0 aliphatic rings. The maximum absolute atomic E-state index is 11.0. The van der Waals surface area contributed by atoms with E-state index in [0.29, 0.717) is 0 Å². The van der Waals surface area contributed by atoms with E-state index in [0.717, 1.165) is 12.1 Å². The molecule has 1 aromatic rings. The van der Waals surface area contributed by atoms with E-state index in [1.54, 1.807) is 0 Å². The zero-order valence-corrected chi connectivity index (χ0v) is 8.54. The standard InChI is InChI=1S/C9H9N3O5/c10-9(15)6-2-1-5(12(16)17)3-7(6)11-4-8(13)14/h1-3,11H,4H2,(H2,10,15)(H,13,14). The number of hydrogen-bond donors (Lipinski definition) is 3. The molecule has 1 amide bonds. The van der Waals surface area contributed by atoms with Crippen LogP contribution in [0.3, 0.4) is 0 Å². The van der Waals surface area contributed by atoms with E-state index in [1.807, 2.05) is 0 Å². The molecular formula is C9H9N3O5. The zero-order valence-electron chi connectivity index (χ0n) is 8.54. The predicted octanol–water partition coefficient (Wildman–Crippen LogP) is 0.190. The van der Waals surface area contributed by atoms with Gasteiger partial charge in [0.2, 0.25) is 0 Å². The van der Waals surface area contributed by atoms with Crippen LogP contribution in [0.4, 0.5) is 11.4 Å². The Hall–Kier alpha value is -2.64. The number of anilines is 1. The summed E-state index contributed by atoms with van der Waals surface area (Å²) in [6, 6.07) is 3.35. The third-order valence-electron chi connectivity index (χ3n) is 1.91. The van der Waals surface area contributed by atoms with Crippen molar-refractivity contribution in [2.75, 3.05) is 11.9 Å². The molecule has 0 heterocycles. The highest BCUT2D eigenvalue weighted by Gasteiger charge is 2.14. The first-order valence-electron chi connectivity index (χ1n) is 4.45. The fourth-order valence-electron chi connectivity index (χ4n) is 1.18. The molecule has 0 radical (unpaired) electrons. The summed E-state index contributed by atoms with van der Waals surface area (Å²) in [5.41, 5.74) is 4.81. The van der Waals surface area contributed by atoms with Gasteiger partial charge in [-0.15, -0.1) is 0 Å². The molecule has 1 aromatic carbocycles. The molecule has 0 fully saturated rings. The van der Waals surface area contributed by atoms with Crippen LogP contribution in [0.15, 0.2) is 18.2 Å². The number of benzene rings is 1. The van der Waals surface area contributed by atoms with Gasteiger partial charge in [-0.25, -0.2) is 0 Å². The van der Waals surface area contributed by atoms with Crippen molar-refractivity contribution in [1.29, 1.82) is 0 Å². The first-order valence-corrected chi connectivity index (χ1v) is 4.45. The number of nitrogens with two attached hydrogens (primary N) is 1. The summed E-state index contributed by atoms with van der Waals surface area (Å²) in [5, 5.41) is 21.4. The normalized spacial score (nSPS) is 9.65. The van der Waals surface area contributed by atoms with E-state index in [1.165, 1.54) is 6.07 Å². The van der Waals surface area contributed by atoms with Gasteiger partial charge in [0.05, 0.1) is 16.2 Å². The highest BCUT2D eigenvalue weighted by atomic mass is 16.6. The lowest BCUT2D eigenvalue weighted by Crippen LogP contribution is -2.18. The maximum atomic E-state index is 11.0. The van der Waals surface area contributed by atoms with Crippen LogP contribution in [0.25, 0.3) is 0 Å². The smallest absolute Gasteiger partial charge is 0.322 e. The van der Waals surface area contributed by atoms with Gasteiger partial charge < -0.3 is 16.2 Å². The number of carboxylic acids is 1. The number of non-ortho nitro benzene ring substituents is 1. The monoisotopic (exact) mass is 239 g/mol. The molecule has 0 spiro atoms. The molecule has 0 saturated carbocycles. The third kappa shape index (κ3) is 3.16. The van der Waals surface area contributed by atoms with Crippen LogP contribution in [0.5, 0.6) is 0 Å². The lowest BCUT2D eigenvalue weighted by molar-refractivity contribution is -0.384. The number of carboxylic acid groups (broad SMARTS) is 1. The highest BCUT2D eigenvalue weighted by molar-refractivity contribution is 5.99. The molecule has 0 saturated heterocycles. The minimum Gasteiger partial charge on any atom is -0.480 e. The van der Waals surface area contributed by atoms with Crippen molar-refractivity contribution in [2.45, 2.75) is 0 Å². The third-order valence-corrected chi connectivity index (χ3v) is 1.91. The molecule has 0 aromatic heterocycles. The summed E-state index contributed by atoms with van der Waals surface area (Å²) < 4.78 is 0. The van der Waals surface area contributed by atoms with Crippen molar-refractivity contribution in [3.05, 3.63) is 33.9 Å². The van der Waals surface area contributed by atoms with Gasteiger partial charge in [-0.2, -0.15) is 0 Å². The molecule has 17 heavy (non-hydrogen) atoms. The molecule has 4 N–H and O–H groups in total. The maximum Gasteiger partial charge on any atom is 0.322 e. The van der Waals surface area contributed by atoms with Crippen LogP contribution in [0.1, 0.15) is 10.4 Å². The Morgan fingerprint density at radius 1 is 1.47 bits per heavy atom. The number of nitrogens with zero attached hydrogens (tertiary/aromatic N) is 1. The number of nitro benzene ring substituents is 1. The second-order valence-electron chi connectivity index (χ2n) is 3.10. The van der Waals surface area contributed by atoms with Crippen molar-refractivity contribution >= 4 is 23.3 Å². The van der Waals surface area contributed by atoms with Crippen LogP contribution in [0.2, 0.25) is 0 Å². The molecular weight excluding hydrogens is 230 g/mol. The van der Waals surface area contributed by atoms with Gasteiger partial charge in [-0.1, -0.05) is 0 Å². The summed E-state index contributed by atoms with van der Waals surface area (Å²) in [6.07, 6.45) is 0. The van der Waals surface area contributed by atoms with E-state index in [-0.39, 0.29) is 16.9 Å². The van der Waals surface area contributed by atoms with Gasteiger partial charge in [-0.05, 0) is 6.07 Å². The summed E-state index contributed by atoms with van der Waals surface area (Å²) in [6.45, 7) is -0.471. The molecule has 8 heteroatoms. The number of nitro groups is 1. The number of carbonyl (C=O) groups is 2. The van der Waals surface area contributed by atoms with Crippen molar-refractivity contribution in [2.24, 2.45) is 5.73 Å². The molecule has 0 aliphatic carbocycles.